The van der Waals surface area contributed by atoms with Crippen LogP contribution in [0.25, 0.3) is 0 Å². The smallest absolute Gasteiger partial charge is 0.224 e. The molecule has 0 fully saturated rings. The molecule has 0 aliphatic carbocycles. The van der Waals surface area contributed by atoms with E-state index in [9.17, 15) is 4.79 Å². The van der Waals surface area contributed by atoms with Gasteiger partial charge in [-0.1, -0.05) is 15.9 Å². The summed E-state index contributed by atoms with van der Waals surface area (Å²) in [6.45, 7) is 0.301. The molecule has 98 valence electrons. The maximum absolute atomic E-state index is 11.5. The molecule has 0 atom stereocenters. The molecule has 0 bridgehead atoms. The Labute approximate surface area is 118 Å². The molecule has 19 heavy (non-hydrogen) atoms. The van der Waals surface area contributed by atoms with Crippen LogP contribution >= 0.6 is 15.9 Å². The van der Waals surface area contributed by atoms with E-state index in [2.05, 4.69) is 26.2 Å². The number of nitrogens with one attached hydrogen (secondary N) is 1. The number of aromatic nitrogens is 1. The van der Waals surface area contributed by atoms with Gasteiger partial charge in [0.25, 0.3) is 0 Å². The Morgan fingerprint density at radius 1 is 1.42 bits per heavy atom. The molecule has 5 nitrogen and oxygen atoms in total. The van der Waals surface area contributed by atoms with Crippen molar-refractivity contribution in [3.63, 3.8) is 0 Å². The normalized spacial score (nSPS) is 13.8. The first-order valence-electron chi connectivity index (χ1n) is 5.84. The number of aryl methyl sites for hydroxylation is 1. The number of hydrogen-bond acceptors (Lipinski definition) is 4. The molecule has 0 saturated heterocycles. The Hall–Kier alpha value is -1.82. The summed E-state index contributed by atoms with van der Waals surface area (Å²) in [5, 5.41) is 2.86. The van der Waals surface area contributed by atoms with E-state index in [-0.39, 0.29) is 5.91 Å². The fraction of sp³-hybridized carbons (Fsp3) is 0.231. The molecule has 0 spiro atoms. The number of anilines is 1. The maximum Gasteiger partial charge on any atom is 0.224 e. The van der Waals surface area contributed by atoms with E-state index in [1.165, 1.54) is 12.7 Å². The lowest BCUT2D eigenvalue weighted by molar-refractivity contribution is -0.116. The molecule has 6 heteroatoms. The average molecular weight is 323 g/mol. The van der Waals surface area contributed by atoms with Crippen molar-refractivity contribution in [2.24, 2.45) is 0 Å². The number of ether oxygens (including phenoxy) is 1. The second-order valence-electron chi connectivity index (χ2n) is 4.25. The van der Waals surface area contributed by atoms with E-state index in [4.69, 9.17) is 9.15 Å². The molecule has 3 rings (SSSR count). The van der Waals surface area contributed by atoms with Gasteiger partial charge in [-0.05, 0) is 24.1 Å². The number of fused-ring (bicyclic) bond motifs is 1. The molecule has 1 N–H and O–H groups in total. The van der Waals surface area contributed by atoms with Crippen LogP contribution in [0, 0.1) is 0 Å². The van der Waals surface area contributed by atoms with Crippen LogP contribution in [0.5, 0.6) is 5.75 Å². The number of carbonyl (C=O) groups excluding carboxylic acids is 1. The van der Waals surface area contributed by atoms with Gasteiger partial charge in [0.05, 0.1) is 5.69 Å². The van der Waals surface area contributed by atoms with Gasteiger partial charge in [0.1, 0.15) is 24.3 Å². The van der Waals surface area contributed by atoms with Crippen molar-refractivity contribution in [2.75, 3.05) is 5.32 Å². The van der Waals surface area contributed by atoms with Gasteiger partial charge < -0.3 is 14.5 Å². The van der Waals surface area contributed by atoms with Crippen LogP contribution in [0.1, 0.15) is 17.7 Å². The van der Waals surface area contributed by atoms with Crippen molar-refractivity contribution in [3.8, 4) is 5.75 Å². The average Bonchev–Trinajstić information content (AvgIpc) is 2.89. The lowest BCUT2D eigenvalue weighted by Crippen LogP contribution is -2.19. The molecule has 2 heterocycles. The minimum absolute atomic E-state index is 0.0149. The van der Waals surface area contributed by atoms with E-state index in [0.717, 1.165) is 22.1 Å². The lowest BCUT2D eigenvalue weighted by Gasteiger charge is -2.20. The number of hydrogen-bond donors (Lipinski definition) is 1. The van der Waals surface area contributed by atoms with Crippen LogP contribution in [0.4, 0.5) is 5.69 Å². The summed E-state index contributed by atoms with van der Waals surface area (Å²) < 4.78 is 11.5. The summed E-state index contributed by atoms with van der Waals surface area (Å²) in [6, 6.07) is 3.84. The van der Waals surface area contributed by atoms with Gasteiger partial charge in [0.2, 0.25) is 5.91 Å². The zero-order valence-electron chi connectivity index (χ0n) is 9.98. The molecule has 0 unspecified atom stereocenters. The molecule has 1 aromatic carbocycles. The lowest BCUT2D eigenvalue weighted by atomic mass is 10.0. The third kappa shape index (κ3) is 2.63. The van der Waals surface area contributed by atoms with Gasteiger partial charge in [-0.2, -0.15) is 0 Å². The van der Waals surface area contributed by atoms with Gasteiger partial charge in [-0.3, -0.25) is 4.79 Å². The number of amides is 1. The number of carbonyl (C=O) groups is 1. The highest BCUT2D eigenvalue weighted by Gasteiger charge is 2.19. The zero-order chi connectivity index (χ0) is 13.2. The monoisotopic (exact) mass is 322 g/mol. The summed E-state index contributed by atoms with van der Waals surface area (Å²) in [5.74, 6) is 0.654. The highest BCUT2D eigenvalue weighted by molar-refractivity contribution is 9.10. The quantitative estimate of drug-likeness (QED) is 0.943. The van der Waals surface area contributed by atoms with Gasteiger partial charge >= 0.3 is 0 Å². The summed E-state index contributed by atoms with van der Waals surface area (Å²) in [4.78, 5) is 15.5. The molecular weight excluding hydrogens is 312 g/mol. The Morgan fingerprint density at radius 3 is 3.11 bits per heavy atom. The largest absolute Gasteiger partial charge is 0.485 e. The number of rotatable bonds is 3. The first-order chi connectivity index (χ1) is 9.22. The molecular formula is C13H11BrN2O3. The second-order valence-corrected chi connectivity index (χ2v) is 5.17. The standard InChI is InChI=1S/C13H11BrN2O3/c14-9-3-8-1-2-12(17)16-13(8)11(4-9)19-6-10-5-18-7-15-10/h3-5,7H,1-2,6H2,(H,16,17). The van der Waals surface area contributed by atoms with Crippen LogP contribution in [0.3, 0.4) is 0 Å². The predicted octanol–water partition coefficient (Wildman–Crippen LogP) is 2.90. The molecule has 1 aliphatic heterocycles. The second kappa shape index (κ2) is 5.05. The third-order valence-electron chi connectivity index (χ3n) is 2.89. The van der Waals surface area contributed by atoms with Crippen LogP contribution < -0.4 is 10.1 Å². The number of oxazole rings is 1. The zero-order valence-corrected chi connectivity index (χ0v) is 11.6. The molecule has 1 aromatic heterocycles. The minimum Gasteiger partial charge on any atom is -0.485 e. The van der Waals surface area contributed by atoms with Gasteiger partial charge in [0.15, 0.2) is 6.39 Å². The van der Waals surface area contributed by atoms with Crippen molar-refractivity contribution in [3.05, 3.63) is 40.5 Å². The Bertz CT molecular complexity index is 611. The third-order valence-corrected chi connectivity index (χ3v) is 3.35. The summed E-state index contributed by atoms with van der Waals surface area (Å²) in [6.07, 6.45) is 4.12. The molecule has 0 saturated carbocycles. The van der Waals surface area contributed by atoms with E-state index in [1.807, 2.05) is 12.1 Å². The van der Waals surface area contributed by atoms with Crippen LogP contribution in [0.2, 0.25) is 0 Å². The maximum atomic E-state index is 11.5. The van der Waals surface area contributed by atoms with E-state index >= 15 is 0 Å². The molecule has 1 aliphatic rings. The predicted molar refractivity (Wildman–Crippen MR) is 71.9 cm³/mol. The van der Waals surface area contributed by atoms with Gasteiger partial charge in [-0.25, -0.2) is 4.98 Å². The van der Waals surface area contributed by atoms with Crippen molar-refractivity contribution >= 4 is 27.5 Å². The van der Waals surface area contributed by atoms with Crippen LogP contribution in [-0.2, 0) is 17.8 Å². The SMILES string of the molecule is O=C1CCc2cc(Br)cc(OCc3cocn3)c2N1. The Kier molecular flexibility index (Phi) is 3.25. The number of nitrogens with zero attached hydrogens (tertiary/aromatic N) is 1. The van der Waals surface area contributed by atoms with Gasteiger partial charge in [0, 0.05) is 10.9 Å². The summed E-state index contributed by atoms with van der Waals surface area (Å²) in [5.41, 5.74) is 2.53. The number of benzene rings is 1. The fourth-order valence-electron chi connectivity index (χ4n) is 2.00. The van der Waals surface area contributed by atoms with Crippen molar-refractivity contribution in [2.45, 2.75) is 19.4 Å². The van der Waals surface area contributed by atoms with Crippen molar-refractivity contribution in [1.82, 2.24) is 4.98 Å². The summed E-state index contributed by atoms with van der Waals surface area (Å²) >= 11 is 3.45. The van der Waals surface area contributed by atoms with E-state index in [1.54, 1.807) is 0 Å². The highest BCUT2D eigenvalue weighted by Crippen LogP contribution is 2.36. The van der Waals surface area contributed by atoms with Crippen molar-refractivity contribution < 1.29 is 13.9 Å². The highest BCUT2D eigenvalue weighted by atomic mass is 79.9. The first kappa shape index (κ1) is 12.2. The van der Waals surface area contributed by atoms with Crippen LogP contribution in [0.15, 0.2) is 33.7 Å². The van der Waals surface area contributed by atoms with Gasteiger partial charge in [-0.15, -0.1) is 0 Å². The van der Waals surface area contributed by atoms with Crippen LogP contribution in [-0.4, -0.2) is 10.9 Å². The molecule has 2 aromatic rings. The van der Waals surface area contributed by atoms with E-state index < -0.39 is 0 Å². The fourth-order valence-corrected chi connectivity index (χ4v) is 2.48. The number of halogens is 1. The van der Waals surface area contributed by atoms with Crippen molar-refractivity contribution in [1.29, 1.82) is 0 Å². The first-order valence-corrected chi connectivity index (χ1v) is 6.64. The Morgan fingerprint density at radius 2 is 2.32 bits per heavy atom. The summed E-state index contributed by atoms with van der Waals surface area (Å²) in [7, 11) is 0. The molecule has 0 radical (unpaired) electrons. The topological polar surface area (TPSA) is 64.4 Å². The van der Waals surface area contributed by atoms with E-state index in [0.29, 0.717) is 24.5 Å². The minimum atomic E-state index is 0.0149. The Balaban J connectivity index is 1.87. The molecule has 1 amide bonds.